The molecule has 0 aliphatic carbocycles. The molecular formula is C34H35N3O5. The highest BCUT2D eigenvalue weighted by Gasteiger charge is 2.40. The molecule has 0 unspecified atom stereocenters. The number of ether oxygens (including phenoxy) is 2. The fraction of sp³-hybridized carbons (Fsp3) is 0.265. The standard InChI is InChI=1S/C34H35N3O5/c1-35(2)33(39)27-21-37-28(29(25-15-9-5-10-16-25)26-17-11-6-12-18-26)22-36(19-20-41-3)34(40)30(37)32(31(27)38)42-23-24-13-7-4-8-14-24/h4-18,21,28-29H,19-20,22-23H2,1-3H3/t28-/m1/s1. The van der Waals surface area contributed by atoms with Gasteiger partial charge in [0.05, 0.1) is 12.6 Å². The molecule has 2 heterocycles. The highest BCUT2D eigenvalue weighted by molar-refractivity contribution is 5.99. The van der Waals surface area contributed by atoms with E-state index in [0.29, 0.717) is 19.7 Å². The predicted octanol–water partition coefficient (Wildman–Crippen LogP) is 4.60. The van der Waals surface area contributed by atoms with Crippen molar-refractivity contribution in [1.82, 2.24) is 14.4 Å². The molecule has 8 nitrogen and oxygen atoms in total. The maximum atomic E-state index is 14.1. The average molecular weight is 566 g/mol. The Labute approximate surface area is 245 Å². The first-order valence-corrected chi connectivity index (χ1v) is 14.0. The van der Waals surface area contributed by atoms with Crippen molar-refractivity contribution in [3.05, 3.63) is 135 Å². The number of aromatic nitrogens is 1. The third-order valence-electron chi connectivity index (χ3n) is 7.58. The molecule has 1 aliphatic heterocycles. The lowest BCUT2D eigenvalue weighted by molar-refractivity contribution is 0.0577. The number of hydrogen-bond donors (Lipinski definition) is 0. The predicted molar refractivity (Wildman–Crippen MR) is 161 cm³/mol. The van der Waals surface area contributed by atoms with Crippen LogP contribution in [0.1, 0.15) is 49.5 Å². The largest absolute Gasteiger partial charge is 0.483 e. The number of hydrogen-bond acceptors (Lipinski definition) is 5. The summed E-state index contributed by atoms with van der Waals surface area (Å²) in [5.74, 6) is -1.12. The smallest absolute Gasteiger partial charge is 0.274 e. The molecule has 0 spiro atoms. The molecule has 0 saturated carbocycles. The molecule has 5 rings (SSSR count). The number of rotatable bonds is 10. The van der Waals surface area contributed by atoms with E-state index in [-0.39, 0.29) is 41.5 Å². The van der Waals surface area contributed by atoms with Gasteiger partial charge in [-0.1, -0.05) is 91.0 Å². The summed E-state index contributed by atoms with van der Waals surface area (Å²) in [6.07, 6.45) is 1.55. The van der Waals surface area contributed by atoms with E-state index in [1.807, 2.05) is 66.7 Å². The first-order valence-electron chi connectivity index (χ1n) is 14.0. The molecule has 0 radical (unpaired) electrons. The van der Waals surface area contributed by atoms with Crippen molar-refractivity contribution in [2.24, 2.45) is 0 Å². The lowest BCUT2D eigenvalue weighted by atomic mass is 9.83. The van der Waals surface area contributed by atoms with Crippen LogP contribution in [-0.2, 0) is 11.3 Å². The number of methoxy groups -OCH3 is 1. The minimum absolute atomic E-state index is 0.0465. The van der Waals surface area contributed by atoms with E-state index in [0.717, 1.165) is 16.7 Å². The van der Waals surface area contributed by atoms with Crippen molar-refractivity contribution in [2.75, 3.05) is 40.9 Å². The maximum Gasteiger partial charge on any atom is 0.274 e. The Hall–Kier alpha value is -4.69. The molecule has 0 N–H and O–H groups in total. The van der Waals surface area contributed by atoms with Crippen LogP contribution >= 0.6 is 0 Å². The summed E-state index contributed by atoms with van der Waals surface area (Å²) in [4.78, 5) is 44.4. The molecule has 0 fully saturated rings. The van der Waals surface area contributed by atoms with Crippen molar-refractivity contribution in [3.8, 4) is 5.75 Å². The van der Waals surface area contributed by atoms with E-state index < -0.39 is 11.3 Å². The van der Waals surface area contributed by atoms with Gasteiger partial charge in [0.2, 0.25) is 5.43 Å². The molecule has 1 aromatic heterocycles. The molecule has 42 heavy (non-hydrogen) atoms. The Bertz CT molecular complexity index is 1550. The summed E-state index contributed by atoms with van der Waals surface area (Å²) in [6, 6.07) is 29.2. The van der Waals surface area contributed by atoms with E-state index in [4.69, 9.17) is 9.47 Å². The van der Waals surface area contributed by atoms with Gasteiger partial charge in [-0.05, 0) is 16.7 Å². The zero-order valence-corrected chi connectivity index (χ0v) is 24.1. The number of benzene rings is 3. The number of pyridine rings is 1. The van der Waals surface area contributed by atoms with Crippen LogP contribution in [0.2, 0.25) is 0 Å². The average Bonchev–Trinajstić information content (AvgIpc) is 3.02. The summed E-state index contributed by atoms with van der Waals surface area (Å²) in [7, 11) is 4.79. The number of amides is 2. The second kappa shape index (κ2) is 12.9. The van der Waals surface area contributed by atoms with Crippen LogP contribution in [-0.4, -0.2) is 67.1 Å². The lowest BCUT2D eigenvalue weighted by Crippen LogP contribution is -2.48. The van der Waals surface area contributed by atoms with Gasteiger partial charge in [0, 0.05) is 46.4 Å². The van der Waals surface area contributed by atoms with Gasteiger partial charge in [0.1, 0.15) is 12.2 Å². The summed E-state index contributed by atoms with van der Waals surface area (Å²) in [5.41, 5.74) is 2.42. The van der Waals surface area contributed by atoms with Gasteiger partial charge in [-0.3, -0.25) is 14.4 Å². The topological polar surface area (TPSA) is 81.1 Å². The van der Waals surface area contributed by atoms with E-state index in [9.17, 15) is 14.4 Å². The Morgan fingerprint density at radius 3 is 2.02 bits per heavy atom. The Balaban J connectivity index is 1.75. The fourth-order valence-corrected chi connectivity index (χ4v) is 5.50. The highest BCUT2D eigenvalue weighted by atomic mass is 16.5. The third-order valence-corrected chi connectivity index (χ3v) is 7.58. The van der Waals surface area contributed by atoms with Gasteiger partial charge in [0.15, 0.2) is 11.4 Å². The van der Waals surface area contributed by atoms with Crippen LogP contribution in [0.3, 0.4) is 0 Å². The van der Waals surface area contributed by atoms with Crippen LogP contribution in [0.25, 0.3) is 0 Å². The number of fused-ring (bicyclic) bond motifs is 1. The monoisotopic (exact) mass is 565 g/mol. The van der Waals surface area contributed by atoms with Crippen LogP contribution in [0, 0.1) is 0 Å². The van der Waals surface area contributed by atoms with Crippen LogP contribution in [0.5, 0.6) is 5.75 Å². The van der Waals surface area contributed by atoms with E-state index in [1.165, 1.54) is 4.90 Å². The Morgan fingerprint density at radius 2 is 1.48 bits per heavy atom. The molecule has 4 aromatic rings. The van der Waals surface area contributed by atoms with Crippen molar-refractivity contribution in [2.45, 2.75) is 18.6 Å². The van der Waals surface area contributed by atoms with E-state index >= 15 is 0 Å². The summed E-state index contributed by atoms with van der Waals surface area (Å²) in [6.45, 7) is 1.09. The molecule has 1 atom stereocenters. The molecule has 0 bridgehead atoms. The molecule has 0 saturated heterocycles. The molecule has 1 aliphatic rings. The van der Waals surface area contributed by atoms with E-state index in [1.54, 1.807) is 36.9 Å². The van der Waals surface area contributed by atoms with Gasteiger partial charge in [0.25, 0.3) is 11.8 Å². The first kappa shape index (κ1) is 28.8. The van der Waals surface area contributed by atoms with Crippen molar-refractivity contribution in [3.63, 3.8) is 0 Å². The third kappa shape index (κ3) is 5.85. The second-order valence-electron chi connectivity index (χ2n) is 10.5. The van der Waals surface area contributed by atoms with Gasteiger partial charge in [-0.25, -0.2) is 0 Å². The molecule has 3 aromatic carbocycles. The lowest BCUT2D eigenvalue weighted by Gasteiger charge is -2.41. The Kier molecular flexibility index (Phi) is 8.83. The molecule has 8 heteroatoms. The van der Waals surface area contributed by atoms with Gasteiger partial charge < -0.3 is 23.8 Å². The van der Waals surface area contributed by atoms with Crippen molar-refractivity contribution in [1.29, 1.82) is 0 Å². The highest BCUT2D eigenvalue weighted by Crippen LogP contribution is 2.40. The van der Waals surface area contributed by atoms with Crippen LogP contribution < -0.4 is 10.2 Å². The minimum Gasteiger partial charge on any atom is -0.483 e. The molecule has 216 valence electrons. The first-order chi connectivity index (χ1) is 20.4. The normalized spacial score (nSPS) is 14.5. The number of nitrogens with zero attached hydrogens (tertiary/aromatic N) is 3. The van der Waals surface area contributed by atoms with Crippen molar-refractivity contribution < 1.29 is 19.1 Å². The zero-order chi connectivity index (χ0) is 29.6. The number of carbonyl (C=O) groups is 2. The van der Waals surface area contributed by atoms with Gasteiger partial charge in [-0.15, -0.1) is 0 Å². The van der Waals surface area contributed by atoms with Crippen LogP contribution in [0.4, 0.5) is 0 Å². The minimum atomic E-state index is -0.604. The zero-order valence-electron chi connectivity index (χ0n) is 24.1. The second-order valence-corrected chi connectivity index (χ2v) is 10.5. The van der Waals surface area contributed by atoms with Gasteiger partial charge in [-0.2, -0.15) is 0 Å². The maximum absolute atomic E-state index is 14.1. The van der Waals surface area contributed by atoms with E-state index in [2.05, 4.69) is 24.3 Å². The van der Waals surface area contributed by atoms with Crippen molar-refractivity contribution >= 4 is 11.8 Å². The Morgan fingerprint density at radius 1 is 0.905 bits per heavy atom. The van der Waals surface area contributed by atoms with Gasteiger partial charge >= 0.3 is 0 Å². The quantitative estimate of drug-likeness (QED) is 0.281. The molecular weight excluding hydrogens is 530 g/mol. The summed E-state index contributed by atoms with van der Waals surface area (Å²) in [5, 5.41) is 0. The SMILES string of the molecule is COCCN1C[C@H](C(c2ccccc2)c2ccccc2)n2cc(C(=O)N(C)C)c(=O)c(OCc3ccccc3)c2C1=O. The summed E-state index contributed by atoms with van der Waals surface area (Å²) < 4.78 is 13.3. The number of carbonyl (C=O) groups excluding carboxylic acids is 2. The fourth-order valence-electron chi connectivity index (χ4n) is 5.50. The van der Waals surface area contributed by atoms with Crippen LogP contribution in [0.15, 0.2) is 102 Å². The molecule has 2 amide bonds. The summed E-state index contributed by atoms with van der Waals surface area (Å²) >= 11 is 0.